The van der Waals surface area contributed by atoms with Crippen molar-refractivity contribution in [3.63, 3.8) is 0 Å². The van der Waals surface area contributed by atoms with Crippen molar-refractivity contribution in [1.29, 1.82) is 0 Å². The fourth-order valence-corrected chi connectivity index (χ4v) is 3.67. The number of rotatable bonds is 6. The average Bonchev–Trinajstić information content (AvgIpc) is 3.48. The number of aromatic nitrogens is 4. The Hall–Kier alpha value is -2.44. The van der Waals surface area contributed by atoms with Crippen LogP contribution in [0.5, 0.6) is 0 Å². The third-order valence-electron chi connectivity index (χ3n) is 5.62. The fraction of sp³-hybridized carbons (Fsp3) is 0.579. The van der Waals surface area contributed by atoms with Crippen molar-refractivity contribution in [2.45, 2.75) is 44.7 Å². The Balaban J connectivity index is 1.26. The van der Waals surface area contributed by atoms with Crippen molar-refractivity contribution >= 4 is 5.82 Å². The first-order valence-corrected chi connectivity index (χ1v) is 9.56. The lowest BCUT2D eigenvalue weighted by molar-refractivity contribution is 0.330. The Morgan fingerprint density at radius 3 is 2.54 bits per heavy atom. The van der Waals surface area contributed by atoms with Gasteiger partial charge in [0.15, 0.2) is 5.82 Å². The first-order valence-electron chi connectivity index (χ1n) is 9.56. The molecular formula is C19H23N5O2. The van der Waals surface area contributed by atoms with Crippen LogP contribution in [-0.4, -0.2) is 32.4 Å². The van der Waals surface area contributed by atoms with Gasteiger partial charge in [0, 0.05) is 49.9 Å². The summed E-state index contributed by atoms with van der Waals surface area (Å²) in [6, 6.07) is 3.49. The summed E-state index contributed by atoms with van der Waals surface area (Å²) in [6.07, 6.45) is 8.30. The summed E-state index contributed by atoms with van der Waals surface area (Å²) in [6.45, 7) is 2.91. The molecule has 3 fully saturated rings. The molecule has 136 valence electrons. The van der Waals surface area contributed by atoms with Crippen molar-refractivity contribution in [3.8, 4) is 0 Å². The SMILES string of the molecule is O=c1c(N2CC(Cn3nc(C4CC4)ccc3=O)C2)nccn1CC1CC1. The van der Waals surface area contributed by atoms with Crippen molar-refractivity contribution in [3.05, 3.63) is 50.9 Å². The maximum Gasteiger partial charge on any atom is 0.293 e. The minimum atomic E-state index is -0.0440. The molecule has 3 heterocycles. The smallest absolute Gasteiger partial charge is 0.293 e. The number of hydrogen-bond acceptors (Lipinski definition) is 5. The summed E-state index contributed by atoms with van der Waals surface area (Å²) in [5, 5.41) is 4.53. The molecule has 0 spiro atoms. The van der Waals surface area contributed by atoms with Crippen molar-refractivity contribution in [2.24, 2.45) is 11.8 Å². The molecule has 1 aliphatic heterocycles. The van der Waals surface area contributed by atoms with Crippen LogP contribution >= 0.6 is 0 Å². The maximum atomic E-state index is 12.6. The summed E-state index contributed by atoms with van der Waals surface area (Å²) in [4.78, 5) is 31.0. The zero-order valence-electron chi connectivity index (χ0n) is 14.8. The van der Waals surface area contributed by atoms with E-state index < -0.39 is 0 Å². The highest BCUT2D eigenvalue weighted by atomic mass is 16.1. The average molecular weight is 353 g/mol. The van der Waals surface area contributed by atoms with Crippen LogP contribution in [0.3, 0.4) is 0 Å². The molecule has 0 N–H and O–H groups in total. The molecule has 5 rings (SSSR count). The van der Waals surface area contributed by atoms with Crippen LogP contribution in [0.2, 0.25) is 0 Å². The predicted octanol–water partition coefficient (Wildman–Crippen LogP) is 1.22. The molecule has 2 aliphatic carbocycles. The van der Waals surface area contributed by atoms with Gasteiger partial charge in [-0.3, -0.25) is 9.59 Å². The maximum absolute atomic E-state index is 12.6. The van der Waals surface area contributed by atoms with E-state index in [4.69, 9.17) is 0 Å². The molecule has 0 aromatic carbocycles. The van der Waals surface area contributed by atoms with Gasteiger partial charge >= 0.3 is 0 Å². The molecule has 2 aromatic rings. The number of anilines is 1. The highest BCUT2D eigenvalue weighted by molar-refractivity contribution is 5.39. The van der Waals surface area contributed by atoms with Crippen LogP contribution in [0.15, 0.2) is 34.1 Å². The lowest BCUT2D eigenvalue weighted by Gasteiger charge is -2.39. The van der Waals surface area contributed by atoms with Crippen LogP contribution in [0, 0.1) is 11.8 Å². The Bertz CT molecular complexity index is 935. The van der Waals surface area contributed by atoms with Crippen LogP contribution in [0.4, 0.5) is 5.82 Å². The summed E-state index contributed by atoms with van der Waals surface area (Å²) >= 11 is 0. The molecule has 2 saturated carbocycles. The second kappa shape index (κ2) is 6.07. The highest BCUT2D eigenvalue weighted by Crippen LogP contribution is 2.38. The Morgan fingerprint density at radius 2 is 1.81 bits per heavy atom. The molecule has 0 bridgehead atoms. The van der Waals surface area contributed by atoms with Gasteiger partial charge in [0.2, 0.25) is 0 Å². The van der Waals surface area contributed by atoms with Gasteiger partial charge in [0.25, 0.3) is 11.1 Å². The van der Waals surface area contributed by atoms with Crippen molar-refractivity contribution in [1.82, 2.24) is 19.3 Å². The molecule has 0 amide bonds. The van der Waals surface area contributed by atoms with E-state index in [0.717, 1.165) is 25.3 Å². The van der Waals surface area contributed by atoms with Gasteiger partial charge in [-0.05, 0) is 37.7 Å². The molecule has 7 nitrogen and oxygen atoms in total. The van der Waals surface area contributed by atoms with E-state index in [1.165, 1.54) is 25.7 Å². The molecule has 0 unspecified atom stereocenters. The largest absolute Gasteiger partial charge is 0.351 e. The third-order valence-corrected chi connectivity index (χ3v) is 5.62. The minimum absolute atomic E-state index is 0.00359. The second-order valence-corrected chi connectivity index (χ2v) is 7.98. The number of hydrogen-bond donors (Lipinski definition) is 0. The van der Waals surface area contributed by atoms with Crippen LogP contribution in [0.25, 0.3) is 0 Å². The van der Waals surface area contributed by atoms with Gasteiger partial charge in [0.05, 0.1) is 12.2 Å². The van der Waals surface area contributed by atoms with Gasteiger partial charge in [0.1, 0.15) is 0 Å². The second-order valence-electron chi connectivity index (χ2n) is 7.98. The molecule has 0 radical (unpaired) electrons. The summed E-state index contributed by atoms with van der Waals surface area (Å²) in [5.74, 6) is 2.06. The molecule has 0 atom stereocenters. The highest BCUT2D eigenvalue weighted by Gasteiger charge is 2.32. The monoisotopic (exact) mass is 353 g/mol. The quantitative estimate of drug-likeness (QED) is 0.781. The van der Waals surface area contributed by atoms with E-state index in [0.29, 0.717) is 30.1 Å². The Labute approximate surface area is 151 Å². The summed E-state index contributed by atoms with van der Waals surface area (Å²) in [5.41, 5.74) is 0.995. The molecular weight excluding hydrogens is 330 g/mol. The van der Waals surface area contributed by atoms with E-state index in [1.54, 1.807) is 27.7 Å². The minimum Gasteiger partial charge on any atom is -0.351 e. The molecule has 1 saturated heterocycles. The summed E-state index contributed by atoms with van der Waals surface area (Å²) < 4.78 is 3.39. The van der Waals surface area contributed by atoms with E-state index in [9.17, 15) is 9.59 Å². The van der Waals surface area contributed by atoms with Gasteiger partial charge < -0.3 is 9.47 Å². The van der Waals surface area contributed by atoms with Gasteiger partial charge in [-0.2, -0.15) is 5.10 Å². The normalized spacial score (nSPS) is 20.2. The number of nitrogens with zero attached hydrogens (tertiary/aromatic N) is 5. The van der Waals surface area contributed by atoms with Gasteiger partial charge in [-0.15, -0.1) is 0 Å². The molecule has 26 heavy (non-hydrogen) atoms. The Morgan fingerprint density at radius 1 is 1.00 bits per heavy atom. The zero-order chi connectivity index (χ0) is 17.7. The van der Waals surface area contributed by atoms with Gasteiger partial charge in [-0.25, -0.2) is 9.67 Å². The van der Waals surface area contributed by atoms with Crippen LogP contribution in [-0.2, 0) is 13.1 Å². The topological polar surface area (TPSA) is 73.0 Å². The molecule has 2 aromatic heterocycles. The molecule has 7 heteroatoms. The van der Waals surface area contributed by atoms with Crippen LogP contribution in [0.1, 0.15) is 37.3 Å². The van der Waals surface area contributed by atoms with E-state index >= 15 is 0 Å². The van der Waals surface area contributed by atoms with E-state index in [1.807, 2.05) is 11.0 Å². The van der Waals surface area contributed by atoms with E-state index in [-0.39, 0.29) is 11.1 Å². The molecule has 3 aliphatic rings. The van der Waals surface area contributed by atoms with Gasteiger partial charge in [-0.1, -0.05) is 0 Å². The zero-order valence-corrected chi connectivity index (χ0v) is 14.8. The predicted molar refractivity (Wildman–Crippen MR) is 97.4 cm³/mol. The van der Waals surface area contributed by atoms with E-state index in [2.05, 4.69) is 10.1 Å². The van der Waals surface area contributed by atoms with Crippen molar-refractivity contribution < 1.29 is 0 Å². The standard InChI is InChI=1S/C19H23N5O2/c25-17-6-5-16(15-3-4-15)21-24(17)12-14-10-23(11-14)18-19(26)22(8-7-20-18)9-13-1-2-13/h5-8,13-15H,1-4,9-12H2. The Kier molecular flexibility index (Phi) is 3.69. The van der Waals surface area contributed by atoms with Crippen LogP contribution < -0.4 is 16.0 Å². The lowest BCUT2D eigenvalue weighted by Crippen LogP contribution is -2.52. The fourth-order valence-electron chi connectivity index (χ4n) is 3.67. The first kappa shape index (κ1) is 15.8. The third kappa shape index (κ3) is 3.06. The van der Waals surface area contributed by atoms with Crippen molar-refractivity contribution in [2.75, 3.05) is 18.0 Å². The summed E-state index contributed by atoms with van der Waals surface area (Å²) in [7, 11) is 0. The first-order chi connectivity index (χ1) is 12.7. The lowest BCUT2D eigenvalue weighted by atomic mass is 10.0.